The van der Waals surface area contributed by atoms with Gasteiger partial charge in [0.2, 0.25) is 0 Å². The maximum Gasteiger partial charge on any atom is 0.0946 e. The summed E-state index contributed by atoms with van der Waals surface area (Å²) in [6, 6.07) is 2.30. The van der Waals surface area contributed by atoms with Gasteiger partial charge in [0.25, 0.3) is 0 Å². The van der Waals surface area contributed by atoms with Crippen LogP contribution in [-0.2, 0) is 0 Å². The summed E-state index contributed by atoms with van der Waals surface area (Å²) in [4.78, 5) is 0. The molecule has 1 atom stereocenters. The minimum atomic E-state index is 0.536. The van der Waals surface area contributed by atoms with Gasteiger partial charge in [0, 0.05) is 5.57 Å². The highest BCUT2D eigenvalue weighted by Gasteiger charge is 2.20. The lowest BCUT2D eigenvalue weighted by Crippen LogP contribution is -2.13. The second kappa shape index (κ2) is 3.57. The van der Waals surface area contributed by atoms with Crippen LogP contribution in [0.4, 0.5) is 0 Å². The summed E-state index contributed by atoms with van der Waals surface area (Å²) < 4.78 is 0. The average molecular weight is 149 g/mol. The van der Waals surface area contributed by atoms with E-state index in [9.17, 15) is 0 Å². The fourth-order valence-corrected chi connectivity index (χ4v) is 1.72. The Morgan fingerprint density at radius 2 is 2.36 bits per heavy atom. The number of hydrogen-bond donors (Lipinski definition) is 0. The number of hydrogen-bond acceptors (Lipinski definition) is 1. The van der Waals surface area contributed by atoms with Crippen molar-refractivity contribution >= 4 is 0 Å². The van der Waals surface area contributed by atoms with Crippen molar-refractivity contribution < 1.29 is 0 Å². The average Bonchev–Trinajstić information content (AvgIpc) is 2.04. The zero-order valence-corrected chi connectivity index (χ0v) is 7.30. The van der Waals surface area contributed by atoms with Crippen molar-refractivity contribution in [3.05, 3.63) is 11.6 Å². The molecule has 0 aliphatic heterocycles. The topological polar surface area (TPSA) is 23.8 Å². The highest BCUT2D eigenvalue weighted by atomic mass is 14.3. The van der Waals surface area contributed by atoms with Gasteiger partial charge < -0.3 is 0 Å². The van der Waals surface area contributed by atoms with Gasteiger partial charge in [-0.25, -0.2) is 0 Å². The molecule has 60 valence electrons. The van der Waals surface area contributed by atoms with Crippen molar-refractivity contribution in [3.8, 4) is 6.07 Å². The van der Waals surface area contributed by atoms with Gasteiger partial charge in [-0.2, -0.15) is 5.26 Å². The Bertz CT molecular complexity index is 195. The summed E-state index contributed by atoms with van der Waals surface area (Å²) in [5, 5.41) is 8.79. The second-order valence-electron chi connectivity index (χ2n) is 3.55. The fraction of sp³-hybridized carbons (Fsp3) is 0.700. The third-order valence-electron chi connectivity index (χ3n) is 2.42. The second-order valence-corrected chi connectivity index (χ2v) is 3.55. The molecular weight excluding hydrogens is 134 g/mol. The van der Waals surface area contributed by atoms with E-state index in [1.807, 2.05) is 0 Å². The Labute approximate surface area is 68.7 Å². The molecule has 0 bridgehead atoms. The zero-order chi connectivity index (χ0) is 8.27. The first-order valence-corrected chi connectivity index (χ1v) is 4.36. The Kier molecular flexibility index (Phi) is 2.70. The standard InChI is InChI=1S/C10H15N/c1-8(2)10-6-4-3-5-9(10)7-11/h5,8,10H,3-4,6H2,1-2H3. The smallest absolute Gasteiger partial charge is 0.0946 e. The van der Waals surface area contributed by atoms with Crippen molar-refractivity contribution in [2.24, 2.45) is 11.8 Å². The van der Waals surface area contributed by atoms with Crippen molar-refractivity contribution in [1.29, 1.82) is 5.26 Å². The normalized spacial score (nSPS) is 24.5. The monoisotopic (exact) mass is 149 g/mol. The molecule has 0 aromatic carbocycles. The molecule has 1 rings (SSSR count). The lowest BCUT2D eigenvalue weighted by molar-refractivity contribution is 0.399. The molecule has 0 aromatic rings. The SMILES string of the molecule is CC(C)C1CCCC=C1C#N. The summed E-state index contributed by atoms with van der Waals surface area (Å²) in [6.07, 6.45) is 5.67. The summed E-state index contributed by atoms with van der Waals surface area (Å²) in [5.74, 6) is 1.16. The van der Waals surface area contributed by atoms with Crippen LogP contribution in [0.25, 0.3) is 0 Å². The number of nitriles is 1. The molecule has 0 saturated heterocycles. The molecule has 0 aromatic heterocycles. The first kappa shape index (κ1) is 8.33. The molecule has 0 fully saturated rings. The van der Waals surface area contributed by atoms with Crippen molar-refractivity contribution in [2.75, 3.05) is 0 Å². The van der Waals surface area contributed by atoms with Crippen LogP contribution >= 0.6 is 0 Å². The van der Waals surface area contributed by atoms with E-state index in [1.165, 1.54) is 12.8 Å². The molecule has 1 unspecified atom stereocenters. The molecule has 0 radical (unpaired) electrons. The molecule has 0 heterocycles. The molecule has 0 amide bonds. The molecule has 1 aliphatic carbocycles. The number of rotatable bonds is 1. The van der Waals surface area contributed by atoms with Gasteiger partial charge in [-0.05, 0) is 31.1 Å². The third kappa shape index (κ3) is 1.83. The van der Waals surface area contributed by atoms with Crippen LogP contribution < -0.4 is 0 Å². The summed E-state index contributed by atoms with van der Waals surface area (Å²) in [7, 11) is 0. The molecule has 11 heavy (non-hydrogen) atoms. The fourth-order valence-electron chi connectivity index (χ4n) is 1.72. The number of allylic oxidation sites excluding steroid dienone is 2. The zero-order valence-electron chi connectivity index (χ0n) is 7.30. The highest BCUT2D eigenvalue weighted by molar-refractivity contribution is 5.25. The predicted octanol–water partition coefficient (Wildman–Crippen LogP) is 2.89. The van der Waals surface area contributed by atoms with E-state index in [2.05, 4.69) is 26.0 Å². The quantitative estimate of drug-likeness (QED) is 0.562. The first-order chi connectivity index (χ1) is 5.25. The van der Waals surface area contributed by atoms with E-state index < -0.39 is 0 Å². The van der Waals surface area contributed by atoms with Crippen LogP contribution in [0.2, 0.25) is 0 Å². The van der Waals surface area contributed by atoms with Gasteiger partial charge in [0.15, 0.2) is 0 Å². The van der Waals surface area contributed by atoms with Crippen LogP contribution in [-0.4, -0.2) is 0 Å². The molecule has 0 spiro atoms. The molecular formula is C10H15N. The van der Waals surface area contributed by atoms with E-state index in [1.54, 1.807) is 0 Å². The molecule has 1 nitrogen and oxygen atoms in total. The number of nitrogens with zero attached hydrogens (tertiary/aromatic N) is 1. The maximum absolute atomic E-state index is 8.79. The maximum atomic E-state index is 8.79. The Morgan fingerprint density at radius 1 is 1.64 bits per heavy atom. The lowest BCUT2D eigenvalue weighted by atomic mass is 9.81. The molecule has 0 N–H and O–H groups in total. The van der Waals surface area contributed by atoms with Gasteiger partial charge in [0.05, 0.1) is 6.07 Å². The van der Waals surface area contributed by atoms with E-state index in [4.69, 9.17) is 5.26 Å². The summed E-state index contributed by atoms with van der Waals surface area (Å²) >= 11 is 0. The minimum Gasteiger partial charge on any atom is -0.193 e. The largest absolute Gasteiger partial charge is 0.193 e. The Balaban J connectivity index is 2.72. The van der Waals surface area contributed by atoms with Crippen molar-refractivity contribution in [2.45, 2.75) is 33.1 Å². The highest BCUT2D eigenvalue weighted by Crippen LogP contribution is 2.29. The Morgan fingerprint density at radius 3 is 2.82 bits per heavy atom. The van der Waals surface area contributed by atoms with Crippen molar-refractivity contribution in [3.63, 3.8) is 0 Å². The van der Waals surface area contributed by atoms with E-state index in [0.717, 1.165) is 12.0 Å². The van der Waals surface area contributed by atoms with Crippen molar-refractivity contribution in [1.82, 2.24) is 0 Å². The van der Waals surface area contributed by atoms with Gasteiger partial charge >= 0.3 is 0 Å². The summed E-state index contributed by atoms with van der Waals surface area (Å²) in [5.41, 5.74) is 1.02. The van der Waals surface area contributed by atoms with E-state index >= 15 is 0 Å². The van der Waals surface area contributed by atoms with Crippen LogP contribution in [0.15, 0.2) is 11.6 Å². The van der Waals surface area contributed by atoms with Gasteiger partial charge in [-0.3, -0.25) is 0 Å². The van der Waals surface area contributed by atoms with Crippen LogP contribution in [0.5, 0.6) is 0 Å². The van der Waals surface area contributed by atoms with Gasteiger partial charge in [0.1, 0.15) is 0 Å². The molecule has 1 heteroatoms. The van der Waals surface area contributed by atoms with Crippen LogP contribution in [0, 0.1) is 23.2 Å². The van der Waals surface area contributed by atoms with E-state index in [0.29, 0.717) is 11.8 Å². The molecule has 1 aliphatic rings. The first-order valence-electron chi connectivity index (χ1n) is 4.36. The predicted molar refractivity (Wildman–Crippen MR) is 45.9 cm³/mol. The Hall–Kier alpha value is -0.770. The van der Waals surface area contributed by atoms with E-state index in [-0.39, 0.29) is 0 Å². The molecule has 0 saturated carbocycles. The van der Waals surface area contributed by atoms with Gasteiger partial charge in [-0.1, -0.05) is 19.9 Å². The van der Waals surface area contributed by atoms with Crippen LogP contribution in [0.1, 0.15) is 33.1 Å². The minimum absolute atomic E-state index is 0.536. The summed E-state index contributed by atoms with van der Waals surface area (Å²) in [6.45, 7) is 4.39. The van der Waals surface area contributed by atoms with Crippen LogP contribution in [0.3, 0.4) is 0 Å². The third-order valence-corrected chi connectivity index (χ3v) is 2.42. The lowest BCUT2D eigenvalue weighted by Gasteiger charge is -2.23. The van der Waals surface area contributed by atoms with Gasteiger partial charge in [-0.15, -0.1) is 0 Å².